The minimum atomic E-state index is -0.0120. The molecule has 5 heteroatoms. The molecule has 1 fully saturated rings. The molecule has 21 heavy (non-hydrogen) atoms. The number of thiocarbonyl (C=S) groups is 1. The fraction of sp³-hybridized carbons (Fsp3) is 0.500. The van der Waals surface area contributed by atoms with Crippen molar-refractivity contribution >= 4 is 28.8 Å². The molecule has 1 aromatic rings. The molecule has 0 heterocycles. The van der Waals surface area contributed by atoms with Crippen LogP contribution in [-0.4, -0.2) is 34.9 Å². The number of hydrogen-bond donors (Lipinski definition) is 2. The molecule has 0 radical (unpaired) electrons. The fourth-order valence-corrected chi connectivity index (χ4v) is 2.97. The van der Waals surface area contributed by atoms with E-state index in [0.717, 1.165) is 18.5 Å². The van der Waals surface area contributed by atoms with Gasteiger partial charge in [-0.15, -0.1) is 0 Å². The fourth-order valence-electron chi connectivity index (χ4n) is 2.81. The van der Waals surface area contributed by atoms with Crippen molar-refractivity contribution in [1.82, 2.24) is 4.90 Å². The van der Waals surface area contributed by atoms with Crippen LogP contribution >= 0.6 is 12.2 Å². The number of rotatable bonds is 6. The summed E-state index contributed by atoms with van der Waals surface area (Å²) >= 11 is 5.01. The van der Waals surface area contributed by atoms with E-state index in [1.54, 1.807) is 0 Å². The van der Waals surface area contributed by atoms with Gasteiger partial charge in [0.15, 0.2) is 0 Å². The van der Waals surface area contributed by atoms with E-state index in [-0.39, 0.29) is 5.91 Å². The van der Waals surface area contributed by atoms with E-state index in [1.165, 1.54) is 18.4 Å². The zero-order valence-electron chi connectivity index (χ0n) is 12.5. The summed E-state index contributed by atoms with van der Waals surface area (Å²) < 4.78 is 0. The average molecular weight is 305 g/mol. The number of amides is 1. The quantitative estimate of drug-likeness (QED) is 0.793. The van der Waals surface area contributed by atoms with Gasteiger partial charge in [-0.2, -0.15) is 0 Å². The van der Waals surface area contributed by atoms with Gasteiger partial charge in [0.05, 0.1) is 11.5 Å². The Labute approximate surface area is 131 Å². The van der Waals surface area contributed by atoms with E-state index in [0.29, 0.717) is 24.1 Å². The number of nitrogens with two attached hydrogens (primary N) is 1. The Kier molecular flexibility index (Phi) is 5.70. The minimum absolute atomic E-state index is 0.0120. The molecular weight excluding hydrogens is 282 g/mol. The van der Waals surface area contributed by atoms with Crippen LogP contribution in [0.25, 0.3) is 0 Å². The maximum absolute atomic E-state index is 12.2. The summed E-state index contributed by atoms with van der Waals surface area (Å²) in [5, 5.41) is 2.93. The molecule has 1 aliphatic carbocycles. The largest absolute Gasteiger partial charge is 0.392 e. The summed E-state index contributed by atoms with van der Waals surface area (Å²) in [7, 11) is 0. The van der Waals surface area contributed by atoms with E-state index in [4.69, 9.17) is 18.0 Å². The molecule has 2 rings (SSSR count). The minimum Gasteiger partial charge on any atom is -0.392 e. The average Bonchev–Trinajstić information content (AvgIpc) is 2.94. The molecule has 0 unspecified atom stereocenters. The lowest BCUT2D eigenvalue weighted by Crippen LogP contribution is -2.43. The highest BCUT2D eigenvalue weighted by molar-refractivity contribution is 7.80. The van der Waals surface area contributed by atoms with Crippen molar-refractivity contribution in [3.05, 3.63) is 29.8 Å². The molecule has 1 saturated carbocycles. The molecule has 0 saturated heterocycles. The van der Waals surface area contributed by atoms with Gasteiger partial charge in [0.2, 0.25) is 5.91 Å². The van der Waals surface area contributed by atoms with Gasteiger partial charge in [0.1, 0.15) is 0 Å². The molecule has 3 N–H and O–H groups in total. The smallest absolute Gasteiger partial charge is 0.238 e. The first-order chi connectivity index (χ1) is 10.0. The standard InChI is InChI=1S/C16H23N3OS/c1-12-6-8-13(9-7-12)18-16(20)11-19(10-15(17)21)14-4-2-3-5-14/h6-9,14H,2-5,10-11H2,1H3,(H2,17,21)(H,18,20). The van der Waals surface area contributed by atoms with Crippen LogP contribution in [0.4, 0.5) is 5.69 Å². The zero-order chi connectivity index (χ0) is 15.2. The maximum atomic E-state index is 12.2. The molecule has 0 bridgehead atoms. The molecule has 114 valence electrons. The van der Waals surface area contributed by atoms with E-state index >= 15 is 0 Å². The highest BCUT2D eigenvalue weighted by atomic mass is 32.1. The summed E-state index contributed by atoms with van der Waals surface area (Å²) in [4.78, 5) is 14.8. The molecule has 1 aromatic carbocycles. The number of nitrogens with zero attached hydrogens (tertiary/aromatic N) is 1. The Balaban J connectivity index is 1.93. The Morgan fingerprint density at radius 2 is 1.90 bits per heavy atom. The van der Waals surface area contributed by atoms with Crippen molar-refractivity contribution in [2.24, 2.45) is 5.73 Å². The maximum Gasteiger partial charge on any atom is 0.238 e. The Morgan fingerprint density at radius 1 is 1.29 bits per heavy atom. The highest BCUT2D eigenvalue weighted by Gasteiger charge is 2.24. The third kappa shape index (κ3) is 5.10. The van der Waals surface area contributed by atoms with Gasteiger partial charge >= 0.3 is 0 Å². The predicted molar refractivity (Wildman–Crippen MR) is 90.4 cm³/mol. The second kappa shape index (κ2) is 7.52. The van der Waals surface area contributed by atoms with Gasteiger partial charge < -0.3 is 11.1 Å². The number of hydrogen-bond acceptors (Lipinski definition) is 3. The SMILES string of the molecule is Cc1ccc(NC(=O)CN(CC(N)=S)C2CCCC2)cc1. The molecule has 4 nitrogen and oxygen atoms in total. The molecule has 1 aliphatic rings. The van der Waals surface area contributed by atoms with Crippen LogP contribution in [-0.2, 0) is 4.79 Å². The van der Waals surface area contributed by atoms with Gasteiger partial charge in [-0.3, -0.25) is 9.69 Å². The predicted octanol–water partition coefficient (Wildman–Crippen LogP) is 2.46. The zero-order valence-corrected chi connectivity index (χ0v) is 13.3. The van der Waals surface area contributed by atoms with E-state index in [2.05, 4.69) is 10.2 Å². The first kappa shape index (κ1) is 15.9. The van der Waals surface area contributed by atoms with Gasteiger partial charge in [0, 0.05) is 18.3 Å². The van der Waals surface area contributed by atoms with Crippen molar-refractivity contribution in [1.29, 1.82) is 0 Å². The Bertz CT molecular complexity index is 495. The van der Waals surface area contributed by atoms with Crippen molar-refractivity contribution < 1.29 is 4.79 Å². The number of carbonyl (C=O) groups is 1. The Morgan fingerprint density at radius 3 is 2.48 bits per heavy atom. The second-order valence-corrected chi connectivity index (χ2v) is 6.25. The van der Waals surface area contributed by atoms with Crippen molar-refractivity contribution in [3.8, 4) is 0 Å². The van der Waals surface area contributed by atoms with Gasteiger partial charge in [0.25, 0.3) is 0 Å². The second-order valence-electron chi connectivity index (χ2n) is 5.72. The normalized spacial score (nSPS) is 15.3. The lowest BCUT2D eigenvalue weighted by atomic mass is 10.2. The molecule has 0 aliphatic heterocycles. The summed E-state index contributed by atoms with van der Waals surface area (Å²) in [6.07, 6.45) is 4.69. The van der Waals surface area contributed by atoms with Crippen molar-refractivity contribution in [3.63, 3.8) is 0 Å². The molecule has 0 spiro atoms. The van der Waals surface area contributed by atoms with Gasteiger partial charge in [-0.25, -0.2) is 0 Å². The van der Waals surface area contributed by atoms with Gasteiger partial charge in [-0.1, -0.05) is 42.8 Å². The first-order valence-corrected chi connectivity index (χ1v) is 7.84. The third-order valence-corrected chi connectivity index (χ3v) is 4.01. The molecule has 0 atom stereocenters. The monoisotopic (exact) mass is 305 g/mol. The summed E-state index contributed by atoms with van der Waals surface area (Å²) in [5.74, 6) is -0.0120. The van der Waals surface area contributed by atoms with Gasteiger partial charge in [-0.05, 0) is 31.9 Å². The van der Waals surface area contributed by atoms with Crippen LogP contribution in [0.5, 0.6) is 0 Å². The third-order valence-electron chi connectivity index (χ3n) is 3.88. The topological polar surface area (TPSA) is 58.4 Å². The first-order valence-electron chi connectivity index (χ1n) is 7.43. The summed E-state index contributed by atoms with van der Waals surface area (Å²) in [6, 6.07) is 8.23. The van der Waals surface area contributed by atoms with Crippen LogP contribution in [0.2, 0.25) is 0 Å². The van der Waals surface area contributed by atoms with E-state index < -0.39 is 0 Å². The Hall–Kier alpha value is -1.46. The molecular formula is C16H23N3OS. The summed E-state index contributed by atoms with van der Waals surface area (Å²) in [5.41, 5.74) is 7.67. The number of aryl methyl sites for hydroxylation is 1. The van der Waals surface area contributed by atoms with Crippen LogP contribution in [0.1, 0.15) is 31.2 Å². The van der Waals surface area contributed by atoms with Crippen LogP contribution in [0.3, 0.4) is 0 Å². The number of nitrogens with one attached hydrogen (secondary N) is 1. The van der Waals surface area contributed by atoms with Crippen LogP contribution < -0.4 is 11.1 Å². The number of carbonyl (C=O) groups excluding carboxylic acids is 1. The van der Waals surface area contributed by atoms with E-state index in [9.17, 15) is 4.79 Å². The lowest BCUT2D eigenvalue weighted by molar-refractivity contribution is -0.117. The van der Waals surface area contributed by atoms with Crippen LogP contribution in [0.15, 0.2) is 24.3 Å². The number of benzene rings is 1. The molecule has 0 aromatic heterocycles. The van der Waals surface area contributed by atoms with Crippen molar-refractivity contribution in [2.45, 2.75) is 38.6 Å². The number of anilines is 1. The van der Waals surface area contributed by atoms with Crippen LogP contribution in [0, 0.1) is 6.92 Å². The summed E-state index contributed by atoms with van der Waals surface area (Å²) in [6.45, 7) is 2.88. The molecule has 1 amide bonds. The highest BCUT2D eigenvalue weighted by Crippen LogP contribution is 2.23. The van der Waals surface area contributed by atoms with E-state index in [1.807, 2.05) is 31.2 Å². The lowest BCUT2D eigenvalue weighted by Gasteiger charge is -2.27. The van der Waals surface area contributed by atoms with Crippen molar-refractivity contribution in [2.75, 3.05) is 18.4 Å².